The van der Waals surface area contributed by atoms with Gasteiger partial charge in [-0.25, -0.2) is 0 Å². The topological polar surface area (TPSA) is 62.3 Å². The van der Waals surface area contributed by atoms with E-state index in [-0.39, 0.29) is 17.7 Å². The van der Waals surface area contributed by atoms with Crippen molar-refractivity contribution in [1.82, 2.24) is 4.98 Å². The van der Waals surface area contributed by atoms with Crippen LogP contribution in [0.1, 0.15) is 28.8 Å². The van der Waals surface area contributed by atoms with Gasteiger partial charge in [0.1, 0.15) is 0 Å². The molecule has 0 bridgehead atoms. The summed E-state index contributed by atoms with van der Waals surface area (Å²) in [6, 6.07) is 7.13. The normalized spacial score (nSPS) is 16.7. The zero-order valence-corrected chi connectivity index (χ0v) is 13.7. The van der Waals surface area contributed by atoms with Crippen molar-refractivity contribution in [2.45, 2.75) is 19.3 Å². The summed E-state index contributed by atoms with van der Waals surface area (Å²) in [5.74, 6) is 0.0844. The monoisotopic (exact) mass is 341 g/mol. The van der Waals surface area contributed by atoms with Crippen LogP contribution < -0.4 is 10.2 Å². The third-order valence-corrected chi connectivity index (χ3v) is 4.63. The summed E-state index contributed by atoms with van der Waals surface area (Å²) < 4.78 is 0. The van der Waals surface area contributed by atoms with Crippen molar-refractivity contribution in [1.29, 1.82) is 0 Å². The van der Waals surface area contributed by atoms with E-state index < -0.39 is 0 Å². The number of hydrogen-bond donors (Lipinski definition) is 1. The van der Waals surface area contributed by atoms with Crippen LogP contribution in [-0.4, -0.2) is 23.3 Å². The van der Waals surface area contributed by atoms with E-state index in [4.69, 9.17) is 11.6 Å². The summed E-state index contributed by atoms with van der Waals surface area (Å²) in [6.07, 6.45) is 5.88. The molecule has 0 radical (unpaired) electrons. The summed E-state index contributed by atoms with van der Waals surface area (Å²) in [4.78, 5) is 30.5. The Morgan fingerprint density at radius 3 is 2.88 bits per heavy atom. The number of nitrogens with one attached hydrogen (secondary N) is 1. The van der Waals surface area contributed by atoms with Crippen molar-refractivity contribution >= 4 is 34.8 Å². The molecule has 0 spiro atoms. The molecule has 2 aliphatic rings. The Bertz CT molecular complexity index is 833. The number of rotatable bonds is 3. The van der Waals surface area contributed by atoms with Gasteiger partial charge in [-0.1, -0.05) is 11.6 Å². The first kappa shape index (κ1) is 15.1. The molecular formula is C18H16ClN3O2. The minimum atomic E-state index is -0.0691. The predicted octanol–water partition coefficient (Wildman–Crippen LogP) is 3.29. The molecule has 2 aromatic rings. The lowest BCUT2D eigenvalue weighted by Crippen LogP contribution is -2.37. The Labute approximate surface area is 144 Å². The van der Waals surface area contributed by atoms with Gasteiger partial charge in [-0.3, -0.25) is 14.6 Å². The van der Waals surface area contributed by atoms with Crippen LogP contribution in [-0.2, 0) is 11.2 Å². The van der Waals surface area contributed by atoms with Gasteiger partial charge >= 0.3 is 0 Å². The minimum Gasteiger partial charge on any atom is -0.324 e. The molecule has 1 aliphatic heterocycles. The molecule has 1 aromatic carbocycles. The number of pyridine rings is 1. The van der Waals surface area contributed by atoms with Gasteiger partial charge in [0.05, 0.1) is 23.8 Å². The van der Waals surface area contributed by atoms with Crippen LogP contribution in [0.25, 0.3) is 0 Å². The summed E-state index contributed by atoms with van der Waals surface area (Å²) in [5, 5.41) is 3.51. The Balaban J connectivity index is 1.58. The molecule has 1 N–H and O–H groups in total. The SMILES string of the molecule is O=C(Nc1cncc(N2CCc3cc(Cl)ccc3C2=O)c1)C1CC1. The quantitative estimate of drug-likeness (QED) is 0.931. The standard InChI is InChI=1S/C18H16ClN3O2/c19-13-3-4-16-12(7-13)5-6-22(18(16)24)15-8-14(9-20-10-15)21-17(23)11-1-2-11/h3-4,7-11H,1-2,5-6H2,(H,21,23). The van der Waals surface area contributed by atoms with E-state index in [1.54, 1.807) is 35.5 Å². The number of carbonyl (C=O) groups excluding carboxylic acids is 2. The molecule has 1 fully saturated rings. The Hall–Kier alpha value is -2.40. The zero-order valence-electron chi connectivity index (χ0n) is 13.0. The second-order valence-electron chi connectivity index (χ2n) is 6.20. The average Bonchev–Trinajstić information content (AvgIpc) is 3.40. The van der Waals surface area contributed by atoms with Crippen molar-refractivity contribution < 1.29 is 9.59 Å². The van der Waals surface area contributed by atoms with E-state index in [9.17, 15) is 9.59 Å². The van der Waals surface area contributed by atoms with Crippen LogP contribution in [0.5, 0.6) is 0 Å². The second kappa shape index (κ2) is 5.91. The summed E-state index contributed by atoms with van der Waals surface area (Å²) in [7, 11) is 0. The molecule has 1 aliphatic carbocycles. The number of nitrogens with zero attached hydrogens (tertiary/aromatic N) is 2. The van der Waals surface area contributed by atoms with E-state index in [2.05, 4.69) is 10.3 Å². The highest BCUT2D eigenvalue weighted by molar-refractivity contribution is 6.30. The molecular weight excluding hydrogens is 326 g/mol. The molecule has 0 atom stereocenters. The molecule has 1 aromatic heterocycles. The largest absolute Gasteiger partial charge is 0.324 e. The van der Waals surface area contributed by atoms with E-state index in [1.165, 1.54) is 0 Å². The third-order valence-electron chi connectivity index (χ3n) is 4.40. The molecule has 0 unspecified atom stereocenters. The summed E-state index contributed by atoms with van der Waals surface area (Å²) in [6.45, 7) is 0.563. The third kappa shape index (κ3) is 2.87. The molecule has 24 heavy (non-hydrogen) atoms. The Morgan fingerprint density at radius 2 is 2.08 bits per heavy atom. The van der Waals surface area contributed by atoms with Crippen molar-refractivity contribution in [3.63, 3.8) is 0 Å². The van der Waals surface area contributed by atoms with Crippen LogP contribution in [0.15, 0.2) is 36.7 Å². The molecule has 2 amide bonds. The Kier molecular flexibility index (Phi) is 3.73. The van der Waals surface area contributed by atoms with Gasteiger partial charge in [0, 0.05) is 23.0 Å². The van der Waals surface area contributed by atoms with E-state index >= 15 is 0 Å². The molecule has 4 rings (SSSR count). The molecule has 5 nitrogen and oxygen atoms in total. The van der Waals surface area contributed by atoms with Crippen LogP contribution in [0.3, 0.4) is 0 Å². The first-order chi connectivity index (χ1) is 11.6. The fourth-order valence-corrected chi connectivity index (χ4v) is 3.13. The maximum atomic E-state index is 12.7. The smallest absolute Gasteiger partial charge is 0.258 e. The minimum absolute atomic E-state index is 0.0268. The fourth-order valence-electron chi connectivity index (χ4n) is 2.94. The van der Waals surface area contributed by atoms with Crippen molar-refractivity contribution in [3.8, 4) is 0 Å². The molecule has 2 heterocycles. The number of aromatic nitrogens is 1. The number of hydrogen-bond acceptors (Lipinski definition) is 3. The second-order valence-corrected chi connectivity index (χ2v) is 6.64. The van der Waals surface area contributed by atoms with E-state index in [1.807, 2.05) is 6.07 Å². The van der Waals surface area contributed by atoms with Crippen molar-refractivity contribution in [2.24, 2.45) is 5.92 Å². The Morgan fingerprint density at radius 1 is 1.25 bits per heavy atom. The first-order valence-corrected chi connectivity index (χ1v) is 8.36. The molecule has 0 saturated heterocycles. The number of halogens is 1. The molecule has 1 saturated carbocycles. The van der Waals surface area contributed by atoms with Crippen LogP contribution >= 0.6 is 11.6 Å². The van der Waals surface area contributed by atoms with Crippen LogP contribution in [0.2, 0.25) is 5.02 Å². The summed E-state index contributed by atoms with van der Waals surface area (Å²) in [5.41, 5.74) is 2.95. The summed E-state index contributed by atoms with van der Waals surface area (Å²) >= 11 is 6.00. The molecule has 6 heteroatoms. The van der Waals surface area contributed by atoms with Gasteiger partial charge in [0.25, 0.3) is 5.91 Å². The maximum Gasteiger partial charge on any atom is 0.258 e. The lowest BCUT2D eigenvalue weighted by molar-refractivity contribution is -0.117. The van der Waals surface area contributed by atoms with Crippen molar-refractivity contribution in [2.75, 3.05) is 16.8 Å². The van der Waals surface area contributed by atoms with Gasteiger partial charge in [-0.15, -0.1) is 0 Å². The number of benzene rings is 1. The lowest BCUT2D eigenvalue weighted by Gasteiger charge is -2.28. The zero-order chi connectivity index (χ0) is 16.7. The average molecular weight is 342 g/mol. The number of anilines is 2. The number of amides is 2. The predicted molar refractivity (Wildman–Crippen MR) is 92.4 cm³/mol. The highest BCUT2D eigenvalue weighted by Gasteiger charge is 2.30. The highest BCUT2D eigenvalue weighted by Crippen LogP contribution is 2.31. The molecule has 122 valence electrons. The van der Waals surface area contributed by atoms with Crippen LogP contribution in [0.4, 0.5) is 11.4 Å². The van der Waals surface area contributed by atoms with Gasteiger partial charge in [-0.05, 0) is 49.1 Å². The van der Waals surface area contributed by atoms with Crippen LogP contribution in [0, 0.1) is 5.92 Å². The van der Waals surface area contributed by atoms with Gasteiger partial charge in [0.2, 0.25) is 5.91 Å². The first-order valence-electron chi connectivity index (χ1n) is 7.98. The van der Waals surface area contributed by atoms with Crippen molar-refractivity contribution in [3.05, 3.63) is 52.8 Å². The van der Waals surface area contributed by atoms with Gasteiger partial charge < -0.3 is 10.2 Å². The van der Waals surface area contributed by atoms with Gasteiger partial charge in [-0.2, -0.15) is 0 Å². The van der Waals surface area contributed by atoms with E-state index in [0.717, 1.165) is 24.8 Å². The lowest BCUT2D eigenvalue weighted by atomic mass is 9.99. The van der Waals surface area contributed by atoms with E-state index in [0.29, 0.717) is 28.5 Å². The van der Waals surface area contributed by atoms with Gasteiger partial charge in [0.15, 0.2) is 0 Å². The number of carbonyl (C=O) groups is 2. The highest BCUT2D eigenvalue weighted by atomic mass is 35.5. The number of fused-ring (bicyclic) bond motifs is 1. The fraction of sp³-hybridized carbons (Fsp3) is 0.278. The maximum absolute atomic E-state index is 12.7.